The number of hydrogen-bond donors (Lipinski definition) is 1. The zero-order valence-electron chi connectivity index (χ0n) is 9.48. The highest BCUT2D eigenvalue weighted by Gasteiger charge is 2.21. The number of likely N-dealkylation sites (tertiary alicyclic amines) is 1. The van der Waals surface area contributed by atoms with Gasteiger partial charge in [0.15, 0.2) is 0 Å². The van der Waals surface area contributed by atoms with Crippen LogP contribution < -0.4 is 5.73 Å². The summed E-state index contributed by atoms with van der Waals surface area (Å²) in [6, 6.07) is 0.337. The molecule has 5 heteroatoms. The second-order valence-electron chi connectivity index (χ2n) is 4.19. The fourth-order valence-corrected chi connectivity index (χ4v) is 2.16. The van der Waals surface area contributed by atoms with Gasteiger partial charge in [-0.3, -0.25) is 4.90 Å². The molecule has 0 amide bonds. The first kappa shape index (κ1) is 10.6. The highest BCUT2D eigenvalue weighted by atomic mass is 15.3. The van der Waals surface area contributed by atoms with Gasteiger partial charge >= 0.3 is 0 Å². The van der Waals surface area contributed by atoms with Crippen LogP contribution in [0.25, 0.3) is 0 Å². The summed E-state index contributed by atoms with van der Waals surface area (Å²) in [5.74, 6) is 2.06. The van der Waals surface area contributed by atoms with Crippen LogP contribution >= 0.6 is 0 Å². The van der Waals surface area contributed by atoms with E-state index in [0.717, 1.165) is 44.2 Å². The molecule has 1 aromatic rings. The van der Waals surface area contributed by atoms with Crippen molar-refractivity contribution in [1.82, 2.24) is 19.7 Å². The molecular formula is C10H19N5. The summed E-state index contributed by atoms with van der Waals surface area (Å²) in [7, 11) is 0. The summed E-state index contributed by atoms with van der Waals surface area (Å²) in [4.78, 5) is 2.35. The van der Waals surface area contributed by atoms with Crippen molar-refractivity contribution in [3.8, 4) is 0 Å². The quantitative estimate of drug-likeness (QED) is 0.769. The monoisotopic (exact) mass is 209 g/mol. The molecule has 84 valence electrons. The lowest BCUT2D eigenvalue weighted by molar-refractivity contribution is 0.312. The van der Waals surface area contributed by atoms with E-state index in [1.807, 2.05) is 6.92 Å². The molecule has 1 aliphatic rings. The SMILES string of the molecule is CCn1c(C)nnc1CN1CCC(N)C1. The van der Waals surface area contributed by atoms with Gasteiger partial charge in [0, 0.05) is 25.7 Å². The Hall–Kier alpha value is -0.940. The van der Waals surface area contributed by atoms with Crippen molar-refractivity contribution in [3.63, 3.8) is 0 Å². The molecule has 0 spiro atoms. The smallest absolute Gasteiger partial charge is 0.147 e. The van der Waals surface area contributed by atoms with Gasteiger partial charge in [-0.1, -0.05) is 0 Å². The Kier molecular flexibility index (Phi) is 3.02. The molecule has 1 atom stereocenters. The molecule has 15 heavy (non-hydrogen) atoms. The molecule has 2 N–H and O–H groups in total. The number of nitrogens with two attached hydrogens (primary N) is 1. The van der Waals surface area contributed by atoms with E-state index in [0.29, 0.717) is 6.04 Å². The van der Waals surface area contributed by atoms with Gasteiger partial charge in [0.2, 0.25) is 0 Å². The Balaban J connectivity index is 2.04. The molecule has 0 aromatic carbocycles. The highest BCUT2D eigenvalue weighted by molar-refractivity contribution is 4.95. The van der Waals surface area contributed by atoms with Crippen LogP contribution in [0.3, 0.4) is 0 Å². The standard InChI is InChI=1S/C10H19N5/c1-3-15-8(2)12-13-10(15)7-14-5-4-9(11)6-14/h9H,3-7,11H2,1-2H3. The largest absolute Gasteiger partial charge is 0.326 e. The molecule has 5 nitrogen and oxygen atoms in total. The molecule has 1 aromatic heterocycles. The van der Waals surface area contributed by atoms with Crippen molar-refractivity contribution in [2.75, 3.05) is 13.1 Å². The van der Waals surface area contributed by atoms with E-state index in [2.05, 4.69) is 26.6 Å². The van der Waals surface area contributed by atoms with Crippen LogP contribution in [-0.4, -0.2) is 38.8 Å². The fourth-order valence-electron chi connectivity index (χ4n) is 2.16. The maximum absolute atomic E-state index is 5.87. The molecule has 1 fully saturated rings. The molecule has 0 bridgehead atoms. The van der Waals surface area contributed by atoms with Crippen LogP contribution in [0.5, 0.6) is 0 Å². The first-order chi connectivity index (χ1) is 7.20. The normalized spacial score (nSPS) is 22.5. The number of nitrogens with zero attached hydrogens (tertiary/aromatic N) is 4. The average Bonchev–Trinajstić information content (AvgIpc) is 2.75. The van der Waals surface area contributed by atoms with Gasteiger partial charge in [-0.15, -0.1) is 10.2 Å². The van der Waals surface area contributed by atoms with Gasteiger partial charge in [-0.05, 0) is 20.3 Å². The lowest BCUT2D eigenvalue weighted by Crippen LogP contribution is -2.27. The Morgan fingerprint density at radius 1 is 1.47 bits per heavy atom. The van der Waals surface area contributed by atoms with Crippen LogP contribution in [0.2, 0.25) is 0 Å². The summed E-state index contributed by atoms with van der Waals surface area (Å²) in [6.07, 6.45) is 1.10. The molecule has 0 aliphatic carbocycles. The first-order valence-electron chi connectivity index (χ1n) is 5.57. The maximum atomic E-state index is 5.87. The van der Waals surface area contributed by atoms with E-state index in [9.17, 15) is 0 Å². The summed E-state index contributed by atoms with van der Waals surface area (Å²) >= 11 is 0. The topological polar surface area (TPSA) is 60.0 Å². The van der Waals surface area contributed by atoms with Crippen LogP contribution in [0.4, 0.5) is 0 Å². The Morgan fingerprint density at radius 3 is 2.87 bits per heavy atom. The van der Waals surface area contributed by atoms with Crippen molar-refractivity contribution in [2.24, 2.45) is 5.73 Å². The van der Waals surface area contributed by atoms with Gasteiger partial charge in [0.05, 0.1) is 6.54 Å². The molecule has 0 saturated carbocycles. The zero-order valence-corrected chi connectivity index (χ0v) is 9.48. The second kappa shape index (κ2) is 4.28. The minimum Gasteiger partial charge on any atom is -0.326 e. The summed E-state index contributed by atoms with van der Waals surface area (Å²) in [6.45, 7) is 7.99. The molecular weight excluding hydrogens is 190 g/mol. The van der Waals surface area contributed by atoms with Crippen LogP contribution in [0.1, 0.15) is 25.0 Å². The van der Waals surface area contributed by atoms with E-state index in [1.165, 1.54) is 0 Å². The number of rotatable bonds is 3. The maximum Gasteiger partial charge on any atom is 0.147 e. The van der Waals surface area contributed by atoms with E-state index in [-0.39, 0.29) is 0 Å². The van der Waals surface area contributed by atoms with Gasteiger partial charge in [-0.2, -0.15) is 0 Å². The minimum atomic E-state index is 0.337. The van der Waals surface area contributed by atoms with Gasteiger partial charge in [0.25, 0.3) is 0 Å². The number of hydrogen-bond acceptors (Lipinski definition) is 4. The first-order valence-corrected chi connectivity index (χ1v) is 5.57. The van der Waals surface area contributed by atoms with E-state index < -0.39 is 0 Å². The molecule has 1 aliphatic heterocycles. The predicted molar refractivity (Wildman–Crippen MR) is 58.3 cm³/mol. The summed E-state index contributed by atoms with van der Waals surface area (Å²) in [5.41, 5.74) is 5.87. The lowest BCUT2D eigenvalue weighted by Gasteiger charge is -2.14. The van der Waals surface area contributed by atoms with Crippen molar-refractivity contribution in [1.29, 1.82) is 0 Å². The van der Waals surface area contributed by atoms with Gasteiger partial charge < -0.3 is 10.3 Å². The number of aromatic nitrogens is 3. The summed E-state index contributed by atoms with van der Waals surface area (Å²) in [5, 5.41) is 8.31. The third-order valence-corrected chi connectivity index (χ3v) is 3.00. The molecule has 0 radical (unpaired) electrons. The Morgan fingerprint density at radius 2 is 2.27 bits per heavy atom. The van der Waals surface area contributed by atoms with Gasteiger partial charge in [-0.25, -0.2) is 0 Å². The Labute approximate surface area is 90.3 Å². The highest BCUT2D eigenvalue weighted by Crippen LogP contribution is 2.11. The van der Waals surface area contributed by atoms with Crippen molar-refractivity contribution in [2.45, 2.75) is 39.4 Å². The molecule has 1 unspecified atom stereocenters. The second-order valence-corrected chi connectivity index (χ2v) is 4.19. The minimum absolute atomic E-state index is 0.337. The molecule has 1 saturated heterocycles. The lowest BCUT2D eigenvalue weighted by atomic mass is 10.3. The van der Waals surface area contributed by atoms with Crippen molar-refractivity contribution < 1.29 is 0 Å². The van der Waals surface area contributed by atoms with E-state index in [4.69, 9.17) is 5.73 Å². The number of aryl methyl sites for hydroxylation is 1. The zero-order chi connectivity index (χ0) is 10.8. The van der Waals surface area contributed by atoms with E-state index in [1.54, 1.807) is 0 Å². The predicted octanol–water partition coefficient (Wildman–Crippen LogP) is 0.139. The Bertz CT molecular complexity index is 333. The summed E-state index contributed by atoms with van der Waals surface area (Å²) < 4.78 is 2.16. The average molecular weight is 209 g/mol. The third-order valence-electron chi connectivity index (χ3n) is 3.00. The van der Waals surface area contributed by atoms with Crippen molar-refractivity contribution >= 4 is 0 Å². The van der Waals surface area contributed by atoms with Crippen LogP contribution in [0.15, 0.2) is 0 Å². The fraction of sp³-hybridized carbons (Fsp3) is 0.800. The molecule has 2 heterocycles. The van der Waals surface area contributed by atoms with E-state index >= 15 is 0 Å². The van der Waals surface area contributed by atoms with Crippen molar-refractivity contribution in [3.05, 3.63) is 11.6 Å². The third kappa shape index (κ3) is 2.18. The molecule has 2 rings (SSSR count). The van der Waals surface area contributed by atoms with Crippen LogP contribution in [0, 0.1) is 6.92 Å². The van der Waals surface area contributed by atoms with Crippen LogP contribution in [-0.2, 0) is 13.1 Å². The van der Waals surface area contributed by atoms with Gasteiger partial charge in [0.1, 0.15) is 11.6 Å².